The van der Waals surface area contributed by atoms with Crippen LogP contribution in [-0.2, 0) is 4.79 Å². The quantitative estimate of drug-likeness (QED) is 0.842. The van der Waals surface area contributed by atoms with Gasteiger partial charge in [0.15, 0.2) is 0 Å². The van der Waals surface area contributed by atoms with Crippen molar-refractivity contribution in [1.29, 1.82) is 0 Å². The van der Waals surface area contributed by atoms with Gasteiger partial charge in [0.1, 0.15) is 0 Å². The van der Waals surface area contributed by atoms with Crippen molar-refractivity contribution < 1.29 is 9.59 Å². The highest BCUT2D eigenvalue weighted by Gasteiger charge is 2.16. The highest BCUT2D eigenvalue weighted by molar-refractivity contribution is 5.98. The Bertz CT molecular complexity index is 506. The molecule has 0 saturated heterocycles. The van der Waals surface area contributed by atoms with E-state index in [0.717, 1.165) is 18.4 Å². The fourth-order valence-electron chi connectivity index (χ4n) is 2.19. The van der Waals surface area contributed by atoms with Crippen molar-refractivity contribution in [3.8, 4) is 0 Å². The van der Waals surface area contributed by atoms with Crippen LogP contribution in [0.15, 0.2) is 18.2 Å². The number of carbonyl (C=O) groups excluding carboxylic acids is 2. The first kappa shape index (κ1) is 17.2. The molecule has 4 heteroatoms. The second-order valence-corrected chi connectivity index (χ2v) is 5.66. The van der Waals surface area contributed by atoms with Gasteiger partial charge in [-0.2, -0.15) is 0 Å². The van der Waals surface area contributed by atoms with Gasteiger partial charge in [-0.25, -0.2) is 0 Å². The summed E-state index contributed by atoms with van der Waals surface area (Å²) in [6, 6.07) is 5.52. The van der Waals surface area contributed by atoms with Crippen LogP contribution in [-0.4, -0.2) is 17.9 Å². The number of aryl methyl sites for hydroxylation is 1. The lowest BCUT2D eigenvalue weighted by Gasteiger charge is -2.15. The second-order valence-electron chi connectivity index (χ2n) is 5.66. The number of anilines is 1. The van der Waals surface area contributed by atoms with Gasteiger partial charge >= 0.3 is 0 Å². The van der Waals surface area contributed by atoms with Crippen LogP contribution in [0.3, 0.4) is 0 Å². The average molecular weight is 290 g/mol. The van der Waals surface area contributed by atoms with Gasteiger partial charge in [0.25, 0.3) is 5.91 Å². The van der Waals surface area contributed by atoms with E-state index in [4.69, 9.17) is 0 Å². The van der Waals surface area contributed by atoms with Crippen LogP contribution in [0.25, 0.3) is 0 Å². The van der Waals surface area contributed by atoms with Gasteiger partial charge in [-0.15, -0.1) is 0 Å². The molecule has 0 saturated carbocycles. The molecule has 0 aliphatic heterocycles. The monoisotopic (exact) mass is 290 g/mol. The lowest BCUT2D eigenvalue weighted by molar-refractivity contribution is -0.120. The van der Waals surface area contributed by atoms with E-state index in [1.165, 1.54) is 0 Å². The molecular weight excluding hydrogens is 264 g/mol. The summed E-state index contributed by atoms with van der Waals surface area (Å²) in [7, 11) is 0. The van der Waals surface area contributed by atoms with Crippen molar-refractivity contribution in [1.82, 2.24) is 5.32 Å². The Labute approximate surface area is 127 Å². The molecule has 0 unspecified atom stereocenters. The molecule has 0 bridgehead atoms. The Hall–Kier alpha value is -1.84. The number of rotatable bonds is 6. The normalized spacial score (nSPS) is 10.8. The Morgan fingerprint density at radius 3 is 2.29 bits per heavy atom. The summed E-state index contributed by atoms with van der Waals surface area (Å²) in [4.78, 5) is 24.2. The minimum atomic E-state index is -0.110. The zero-order valence-corrected chi connectivity index (χ0v) is 13.6. The lowest BCUT2D eigenvalue weighted by atomic mass is 10.0. The first-order valence-corrected chi connectivity index (χ1v) is 7.61. The third kappa shape index (κ3) is 4.88. The van der Waals surface area contributed by atoms with Gasteiger partial charge in [0, 0.05) is 23.2 Å². The molecule has 0 aromatic heterocycles. The van der Waals surface area contributed by atoms with Crippen LogP contribution in [0, 0.1) is 12.8 Å². The molecule has 1 aromatic carbocycles. The summed E-state index contributed by atoms with van der Waals surface area (Å²) >= 11 is 0. The summed E-state index contributed by atoms with van der Waals surface area (Å²) in [5, 5.41) is 5.77. The van der Waals surface area contributed by atoms with E-state index in [1.54, 1.807) is 6.07 Å². The lowest BCUT2D eigenvalue weighted by Crippen LogP contribution is -2.30. The molecule has 0 atom stereocenters. The van der Waals surface area contributed by atoms with Crippen molar-refractivity contribution in [2.45, 2.75) is 53.5 Å². The molecule has 0 fully saturated rings. The molecule has 0 aliphatic rings. The molecular formula is C17H26N2O2. The van der Waals surface area contributed by atoms with E-state index in [2.05, 4.69) is 10.6 Å². The average Bonchev–Trinajstić information content (AvgIpc) is 2.41. The Balaban J connectivity index is 2.91. The first-order valence-electron chi connectivity index (χ1n) is 7.61. The largest absolute Gasteiger partial charge is 0.350 e. The third-order valence-corrected chi connectivity index (χ3v) is 3.53. The molecule has 1 rings (SSSR count). The maximum atomic E-state index is 12.1. The van der Waals surface area contributed by atoms with Crippen LogP contribution in [0.2, 0.25) is 0 Å². The van der Waals surface area contributed by atoms with Crippen LogP contribution < -0.4 is 10.6 Å². The summed E-state index contributed by atoms with van der Waals surface area (Å²) in [5.41, 5.74) is 2.17. The molecule has 2 N–H and O–H groups in total. The summed E-state index contributed by atoms with van der Waals surface area (Å²) < 4.78 is 0. The maximum absolute atomic E-state index is 12.1. The van der Waals surface area contributed by atoms with E-state index in [-0.39, 0.29) is 23.8 Å². The third-order valence-electron chi connectivity index (χ3n) is 3.53. The molecule has 0 spiro atoms. The number of nitrogens with one attached hydrogen (secondary N) is 2. The van der Waals surface area contributed by atoms with Gasteiger partial charge in [-0.05, 0) is 51.3 Å². The zero-order chi connectivity index (χ0) is 16.0. The molecule has 0 aliphatic carbocycles. The molecule has 1 aromatic rings. The molecule has 21 heavy (non-hydrogen) atoms. The van der Waals surface area contributed by atoms with Crippen molar-refractivity contribution in [2.24, 2.45) is 5.92 Å². The van der Waals surface area contributed by atoms with Crippen LogP contribution in [0.5, 0.6) is 0 Å². The minimum Gasteiger partial charge on any atom is -0.350 e. The van der Waals surface area contributed by atoms with Crippen LogP contribution in [0.4, 0.5) is 5.69 Å². The number of amides is 2. The summed E-state index contributed by atoms with van der Waals surface area (Å²) in [6.45, 7) is 9.74. The summed E-state index contributed by atoms with van der Waals surface area (Å²) in [6.07, 6.45) is 1.63. The minimum absolute atomic E-state index is 0.0130. The summed E-state index contributed by atoms with van der Waals surface area (Å²) in [5.74, 6) is -0.0838. The van der Waals surface area contributed by atoms with Gasteiger partial charge in [-0.3, -0.25) is 9.59 Å². The number of carbonyl (C=O) groups is 2. The maximum Gasteiger partial charge on any atom is 0.251 e. The van der Waals surface area contributed by atoms with E-state index >= 15 is 0 Å². The number of benzene rings is 1. The molecule has 2 amide bonds. The Kier molecular flexibility index (Phi) is 6.40. The van der Waals surface area contributed by atoms with Crippen molar-refractivity contribution in [2.75, 3.05) is 5.32 Å². The van der Waals surface area contributed by atoms with Crippen molar-refractivity contribution >= 4 is 17.5 Å². The Morgan fingerprint density at radius 2 is 1.76 bits per heavy atom. The van der Waals surface area contributed by atoms with Gasteiger partial charge in [-0.1, -0.05) is 19.9 Å². The predicted octanol–water partition coefficient (Wildman–Crippen LogP) is 3.51. The predicted molar refractivity (Wildman–Crippen MR) is 86.5 cm³/mol. The van der Waals surface area contributed by atoms with Crippen LogP contribution in [0.1, 0.15) is 56.5 Å². The zero-order valence-electron chi connectivity index (χ0n) is 13.6. The van der Waals surface area contributed by atoms with Gasteiger partial charge < -0.3 is 10.6 Å². The first-order chi connectivity index (χ1) is 9.88. The second kappa shape index (κ2) is 7.81. The Morgan fingerprint density at radius 1 is 1.14 bits per heavy atom. The topological polar surface area (TPSA) is 58.2 Å². The molecule has 0 heterocycles. The molecule has 4 nitrogen and oxygen atoms in total. The number of hydrogen-bond acceptors (Lipinski definition) is 2. The van der Waals surface area contributed by atoms with Crippen molar-refractivity contribution in [3.05, 3.63) is 29.3 Å². The standard InChI is InChI=1S/C17H26N2O2/c1-6-13(7-2)16(20)19-14-9-8-12(5)15(10-14)17(21)18-11(3)4/h8-11,13H,6-7H2,1-5H3,(H,18,21)(H,19,20). The highest BCUT2D eigenvalue weighted by Crippen LogP contribution is 2.18. The van der Waals surface area contributed by atoms with Crippen LogP contribution >= 0.6 is 0 Å². The molecule has 116 valence electrons. The van der Waals surface area contributed by atoms with E-state index in [1.807, 2.05) is 46.8 Å². The van der Waals surface area contributed by atoms with Gasteiger partial charge in [0.2, 0.25) is 5.91 Å². The smallest absolute Gasteiger partial charge is 0.251 e. The SMILES string of the molecule is CCC(CC)C(=O)Nc1ccc(C)c(C(=O)NC(C)C)c1. The highest BCUT2D eigenvalue weighted by atomic mass is 16.2. The van der Waals surface area contributed by atoms with E-state index in [9.17, 15) is 9.59 Å². The van der Waals surface area contributed by atoms with Gasteiger partial charge in [0.05, 0.1) is 0 Å². The molecule has 0 radical (unpaired) electrons. The fourth-order valence-corrected chi connectivity index (χ4v) is 2.19. The van der Waals surface area contributed by atoms with E-state index in [0.29, 0.717) is 11.3 Å². The fraction of sp³-hybridized carbons (Fsp3) is 0.529. The number of hydrogen-bond donors (Lipinski definition) is 2. The van der Waals surface area contributed by atoms with E-state index < -0.39 is 0 Å². The van der Waals surface area contributed by atoms with Crippen molar-refractivity contribution in [3.63, 3.8) is 0 Å².